The number of amides is 1. The molecule has 0 unspecified atom stereocenters. The monoisotopic (exact) mass is 230 g/mol. The minimum Gasteiger partial charge on any atom is -0.462 e. The van der Waals surface area contributed by atoms with E-state index in [0.717, 1.165) is 6.54 Å². The number of carbonyl (C=O) groups excluding carboxylic acids is 2. The second kappa shape index (κ2) is 7.22. The van der Waals surface area contributed by atoms with E-state index in [-0.39, 0.29) is 0 Å². The van der Waals surface area contributed by atoms with Crippen molar-refractivity contribution in [1.82, 2.24) is 10.2 Å². The summed E-state index contributed by atoms with van der Waals surface area (Å²) in [6.45, 7) is 9.57. The summed E-state index contributed by atoms with van der Waals surface area (Å²) in [6, 6.07) is 0.824. The number of hydrogen-bond acceptors (Lipinski definition) is 4. The van der Waals surface area contributed by atoms with Crippen molar-refractivity contribution in [1.29, 1.82) is 0 Å². The fraction of sp³-hybridized carbons (Fsp3) is 0.818. The molecule has 5 nitrogen and oxygen atoms in total. The Balaban J connectivity index is 3.96. The van der Waals surface area contributed by atoms with Gasteiger partial charge in [-0.3, -0.25) is 9.69 Å². The molecule has 0 aromatic carbocycles. The predicted molar refractivity (Wildman–Crippen MR) is 62.0 cm³/mol. The van der Waals surface area contributed by atoms with E-state index < -0.39 is 11.9 Å². The molecule has 0 aliphatic heterocycles. The van der Waals surface area contributed by atoms with Crippen molar-refractivity contribution in [3.63, 3.8) is 0 Å². The maximum Gasteiger partial charge on any atom is 0.396 e. The molecule has 0 aliphatic carbocycles. The van der Waals surface area contributed by atoms with Crippen molar-refractivity contribution in [3.8, 4) is 0 Å². The van der Waals surface area contributed by atoms with E-state index in [9.17, 15) is 9.59 Å². The predicted octanol–water partition coefficient (Wildman–Crippen LogP) is 0.394. The Hall–Kier alpha value is -1.10. The first-order valence-corrected chi connectivity index (χ1v) is 5.52. The number of nitrogens with zero attached hydrogens (tertiary/aromatic N) is 1. The zero-order chi connectivity index (χ0) is 12.7. The topological polar surface area (TPSA) is 58.6 Å². The molecule has 0 radical (unpaired) electrons. The van der Waals surface area contributed by atoms with Crippen LogP contribution in [0.15, 0.2) is 0 Å². The number of methoxy groups -OCH3 is 1. The zero-order valence-electron chi connectivity index (χ0n) is 10.7. The molecule has 94 valence electrons. The van der Waals surface area contributed by atoms with E-state index in [4.69, 9.17) is 0 Å². The van der Waals surface area contributed by atoms with Gasteiger partial charge in [0, 0.05) is 25.2 Å². The lowest BCUT2D eigenvalue weighted by atomic mass is 10.2. The molecule has 0 aromatic heterocycles. The van der Waals surface area contributed by atoms with Crippen LogP contribution in [0.4, 0.5) is 0 Å². The molecule has 0 aromatic rings. The van der Waals surface area contributed by atoms with E-state index in [0.29, 0.717) is 18.6 Å². The molecule has 0 spiro atoms. The second-order valence-electron chi connectivity index (χ2n) is 4.17. The van der Waals surface area contributed by atoms with Crippen molar-refractivity contribution in [2.75, 3.05) is 20.2 Å². The Bertz CT molecular complexity index is 231. The van der Waals surface area contributed by atoms with Crippen LogP contribution in [0.1, 0.15) is 27.7 Å². The van der Waals surface area contributed by atoms with Crippen LogP contribution in [0, 0.1) is 0 Å². The lowest BCUT2D eigenvalue weighted by Crippen LogP contribution is -2.43. The number of hydrogen-bond donors (Lipinski definition) is 1. The number of nitrogens with one attached hydrogen (secondary N) is 1. The van der Waals surface area contributed by atoms with E-state index in [1.807, 2.05) is 0 Å². The summed E-state index contributed by atoms with van der Waals surface area (Å²) in [5.74, 6) is -1.53. The van der Waals surface area contributed by atoms with E-state index in [2.05, 4.69) is 42.6 Å². The first-order chi connectivity index (χ1) is 7.40. The Morgan fingerprint density at radius 1 is 1.19 bits per heavy atom. The maximum absolute atomic E-state index is 11.1. The van der Waals surface area contributed by atoms with Crippen LogP contribution in [0.3, 0.4) is 0 Å². The third kappa shape index (κ3) is 5.11. The van der Waals surface area contributed by atoms with Gasteiger partial charge < -0.3 is 10.1 Å². The highest BCUT2D eigenvalue weighted by atomic mass is 16.5. The second-order valence-corrected chi connectivity index (χ2v) is 4.17. The van der Waals surface area contributed by atoms with Crippen molar-refractivity contribution >= 4 is 11.9 Å². The van der Waals surface area contributed by atoms with Gasteiger partial charge in [-0.1, -0.05) is 0 Å². The highest BCUT2D eigenvalue weighted by molar-refractivity contribution is 6.32. The van der Waals surface area contributed by atoms with Crippen LogP contribution in [-0.2, 0) is 14.3 Å². The van der Waals surface area contributed by atoms with Gasteiger partial charge in [-0.15, -0.1) is 0 Å². The van der Waals surface area contributed by atoms with Crippen molar-refractivity contribution < 1.29 is 14.3 Å². The minimum absolute atomic E-state index is 0.412. The van der Waals surface area contributed by atoms with Gasteiger partial charge in [0.25, 0.3) is 0 Å². The van der Waals surface area contributed by atoms with Gasteiger partial charge in [-0.2, -0.15) is 0 Å². The standard InChI is InChI=1S/C11H22N2O3/c1-8(2)13(9(3)4)7-6-12-10(14)11(15)16-5/h8-9H,6-7H2,1-5H3,(H,12,14). The zero-order valence-corrected chi connectivity index (χ0v) is 10.7. The van der Waals surface area contributed by atoms with Gasteiger partial charge in [-0.25, -0.2) is 4.79 Å². The smallest absolute Gasteiger partial charge is 0.396 e. The molecule has 0 aliphatic rings. The van der Waals surface area contributed by atoms with Crippen LogP contribution in [-0.4, -0.2) is 49.1 Å². The summed E-state index contributed by atoms with van der Waals surface area (Å²) in [6.07, 6.45) is 0. The van der Waals surface area contributed by atoms with Gasteiger partial charge in [0.15, 0.2) is 0 Å². The average molecular weight is 230 g/mol. The summed E-state index contributed by atoms with van der Waals surface area (Å²) >= 11 is 0. The molecular weight excluding hydrogens is 208 g/mol. The third-order valence-corrected chi connectivity index (χ3v) is 2.35. The first-order valence-electron chi connectivity index (χ1n) is 5.52. The van der Waals surface area contributed by atoms with Gasteiger partial charge in [0.1, 0.15) is 0 Å². The van der Waals surface area contributed by atoms with Crippen molar-refractivity contribution in [3.05, 3.63) is 0 Å². The number of esters is 1. The number of ether oxygens (including phenoxy) is 1. The lowest BCUT2D eigenvalue weighted by molar-refractivity contribution is -0.152. The molecular formula is C11H22N2O3. The highest BCUT2D eigenvalue weighted by Crippen LogP contribution is 2.03. The summed E-state index contributed by atoms with van der Waals surface area (Å²) in [4.78, 5) is 24.1. The Morgan fingerprint density at radius 3 is 2.06 bits per heavy atom. The molecule has 16 heavy (non-hydrogen) atoms. The van der Waals surface area contributed by atoms with Crippen LogP contribution in [0.25, 0.3) is 0 Å². The molecule has 0 atom stereocenters. The normalized spacial score (nSPS) is 11.0. The van der Waals surface area contributed by atoms with Gasteiger partial charge in [0.05, 0.1) is 7.11 Å². The average Bonchev–Trinajstić information content (AvgIpc) is 2.21. The van der Waals surface area contributed by atoms with E-state index in [1.54, 1.807) is 0 Å². The summed E-state index contributed by atoms with van der Waals surface area (Å²) in [5, 5.41) is 2.52. The molecule has 0 saturated carbocycles. The van der Waals surface area contributed by atoms with Crippen molar-refractivity contribution in [2.45, 2.75) is 39.8 Å². The molecule has 5 heteroatoms. The molecule has 0 fully saturated rings. The van der Waals surface area contributed by atoms with E-state index >= 15 is 0 Å². The SMILES string of the molecule is COC(=O)C(=O)NCCN(C(C)C)C(C)C. The fourth-order valence-electron chi connectivity index (χ4n) is 1.58. The van der Waals surface area contributed by atoms with Crippen LogP contribution in [0.2, 0.25) is 0 Å². The molecule has 0 rings (SSSR count). The Labute approximate surface area is 97.1 Å². The van der Waals surface area contributed by atoms with Crippen molar-refractivity contribution in [2.24, 2.45) is 0 Å². The molecule has 0 bridgehead atoms. The summed E-state index contributed by atoms with van der Waals surface area (Å²) in [7, 11) is 1.19. The number of rotatable bonds is 5. The van der Waals surface area contributed by atoms with Crippen LogP contribution >= 0.6 is 0 Å². The van der Waals surface area contributed by atoms with Crippen LogP contribution < -0.4 is 5.32 Å². The van der Waals surface area contributed by atoms with Gasteiger partial charge in [-0.05, 0) is 27.7 Å². The fourth-order valence-corrected chi connectivity index (χ4v) is 1.58. The summed E-state index contributed by atoms with van der Waals surface area (Å²) in [5.41, 5.74) is 0. The quantitative estimate of drug-likeness (QED) is 0.548. The van der Waals surface area contributed by atoms with Gasteiger partial charge >= 0.3 is 11.9 Å². The third-order valence-electron chi connectivity index (χ3n) is 2.35. The van der Waals surface area contributed by atoms with Gasteiger partial charge in [0.2, 0.25) is 0 Å². The van der Waals surface area contributed by atoms with E-state index in [1.165, 1.54) is 7.11 Å². The molecule has 1 amide bonds. The summed E-state index contributed by atoms with van der Waals surface area (Å²) < 4.78 is 4.30. The molecule has 0 saturated heterocycles. The largest absolute Gasteiger partial charge is 0.462 e. The highest BCUT2D eigenvalue weighted by Gasteiger charge is 2.15. The molecule has 1 N–H and O–H groups in total. The Kier molecular flexibility index (Phi) is 6.72. The molecule has 0 heterocycles. The minimum atomic E-state index is -0.847. The Morgan fingerprint density at radius 2 is 1.69 bits per heavy atom. The first kappa shape index (κ1) is 14.9. The van der Waals surface area contributed by atoms with Crippen LogP contribution in [0.5, 0.6) is 0 Å². The lowest BCUT2D eigenvalue weighted by Gasteiger charge is -2.30. The number of carbonyl (C=O) groups is 2. The maximum atomic E-state index is 11.1.